The van der Waals surface area contributed by atoms with Gasteiger partial charge in [-0.05, 0) is 29.3 Å². The molecule has 0 bridgehead atoms. The first-order valence-corrected chi connectivity index (χ1v) is 14.5. The number of anilines is 1. The standard InChI is InChI=1S/C26H31NO3Si/c1-31(2,3)19-23(27-22-17-11-6-12-18-22)26(28)29-24(20-13-7-4-8-14-20)25(30-26)21-15-9-5-10-16-21/h4-18,23-25,27-28H,19H2,1-3H3/t23-,24-,25-/m1/s1. The van der Waals surface area contributed by atoms with Gasteiger partial charge in [0.2, 0.25) is 0 Å². The van der Waals surface area contributed by atoms with Crippen LogP contribution in [0, 0.1) is 0 Å². The topological polar surface area (TPSA) is 50.7 Å². The van der Waals surface area contributed by atoms with E-state index in [1.165, 1.54) is 0 Å². The smallest absolute Gasteiger partial charge is 0.302 e. The number of nitrogens with one attached hydrogen (secondary N) is 1. The van der Waals surface area contributed by atoms with E-state index >= 15 is 0 Å². The Hall–Kier alpha value is -2.44. The number of hydrogen-bond acceptors (Lipinski definition) is 4. The van der Waals surface area contributed by atoms with Crippen molar-refractivity contribution in [3.8, 4) is 0 Å². The number of rotatable bonds is 7. The molecule has 0 spiro atoms. The van der Waals surface area contributed by atoms with E-state index in [-0.39, 0.29) is 0 Å². The molecule has 162 valence electrons. The fourth-order valence-corrected chi connectivity index (χ4v) is 5.65. The molecule has 3 atom stereocenters. The van der Waals surface area contributed by atoms with Crippen LogP contribution in [0.15, 0.2) is 91.0 Å². The molecule has 1 fully saturated rings. The summed E-state index contributed by atoms with van der Waals surface area (Å²) in [5, 5.41) is 15.3. The summed E-state index contributed by atoms with van der Waals surface area (Å²) in [4.78, 5) is 0. The minimum Gasteiger partial charge on any atom is -0.375 e. The molecule has 0 amide bonds. The molecule has 1 aliphatic heterocycles. The van der Waals surface area contributed by atoms with Crippen LogP contribution in [0.5, 0.6) is 0 Å². The second-order valence-electron chi connectivity index (χ2n) is 9.36. The van der Waals surface area contributed by atoms with Gasteiger partial charge in [-0.2, -0.15) is 0 Å². The summed E-state index contributed by atoms with van der Waals surface area (Å²) < 4.78 is 12.8. The molecule has 5 heteroatoms. The fraction of sp³-hybridized carbons (Fsp3) is 0.308. The van der Waals surface area contributed by atoms with Crippen LogP contribution in [0.1, 0.15) is 23.3 Å². The Kier molecular flexibility index (Phi) is 6.30. The average Bonchev–Trinajstić information content (AvgIpc) is 3.13. The van der Waals surface area contributed by atoms with Crippen molar-refractivity contribution >= 4 is 13.8 Å². The van der Waals surface area contributed by atoms with Gasteiger partial charge in [-0.15, -0.1) is 0 Å². The molecule has 2 N–H and O–H groups in total. The Morgan fingerprint density at radius 3 is 1.61 bits per heavy atom. The lowest BCUT2D eigenvalue weighted by molar-refractivity contribution is -0.323. The van der Waals surface area contributed by atoms with Gasteiger partial charge in [0.05, 0.1) is 0 Å². The Balaban J connectivity index is 1.70. The Morgan fingerprint density at radius 2 is 1.19 bits per heavy atom. The van der Waals surface area contributed by atoms with Crippen molar-refractivity contribution in [2.24, 2.45) is 0 Å². The highest BCUT2D eigenvalue weighted by atomic mass is 28.3. The Morgan fingerprint density at radius 1 is 0.774 bits per heavy atom. The zero-order chi connectivity index (χ0) is 21.9. The SMILES string of the molecule is C[Si](C)(C)C[C@@H](Nc1ccccc1)C1(O)O[C@H](c2ccccc2)[C@@H](c2ccccc2)O1. The van der Waals surface area contributed by atoms with E-state index in [0.29, 0.717) is 0 Å². The number of aliphatic hydroxyl groups is 1. The maximum absolute atomic E-state index is 11.8. The highest BCUT2D eigenvalue weighted by Crippen LogP contribution is 2.48. The van der Waals surface area contributed by atoms with Crippen LogP contribution < -0.4 is 5.32 Å². The van der Waals surface area contributed by atoms with Gasteiger partial charge in [0.1, 0.15) is 18.2 Å². The molecule has 0 radical (unpaired) electrons. The lowest BCUT2D eigenvalue weighted by Gasteiger charge is -2.35. The lowest BCUT2D eigenvalue weighted by atomic mass is 9.99. The van der Waals surface area contributed by atoms with Gasteiger partial charge < -0.3 is 19.9 Å². The first-order valence-electron chi connectivity index (χ1n) is 10.8. The summed E-state index contributed by atoms with van der Waals surface area (Å²) in [6.45, 7) is 6.86. The molecule has 3 aromatic rings. The normalized spacial score (nSPS) is 21.5. The van der Waals surface area contributed by atoms with Crippen LogP contribution in [0.2, 0.25) is 25.7 Å². The van der Waals surface area contributed by atoms with E-state index in [0.717, 1.165) is 22.9 Å². The summed E-state index contributed by atoms with van der Waals surface area (Å²) in [5.74, 6) is -1.75. The van der Waals surface area contributed by atoms with Gasteiger partial charge in [-0.25, -0.2) is 0 Å². The molecule has 3 aromatic carbocycles. The molecule has 1 heterocycles. The number of para-hydroxylation sites is 1. The lowest BCUT2D eigenvalue weighted by Crippen LogP contribution is -2.51. The summed E-state index contributed by atoms with van der Waals surface area (Å²) >= 11 is 0. The van der Waals surface area contributed by atoms with E-state index in [1.807, 2.05) is 91.0 Å². The van der Waals surface area contributed by atoms with Crippen molar-refractivity contribution in [2.75, 3.05) is 5.32 Å². The predicted molar refractivity (Wildman–Crippen MR) is 127 cm³/mol. The Bertz CT molecular complexity index is 913. The monoisotopic (exact) mass is 433 g/mol. The first-order chi connectivity index (χ1) is 14.8. The van der Waals surface area contributed by atoms with Gasteiger partial charge in [0, 0.05) is 13.8 Å². The van der Waals surface area contributed by atoms with Gasteiger partial charge >= 0.3 is 5.97 Å². The van der Waals surface area contributed by atoms with Crippen molar-refractivity contribution in [3.63, 3.8) is 0 Å². The highest BCUT2D eigenvalue weighted by molar-refractivity contribution is 6.76. The molecule has 0 aliphatic carbocycles. The molecule has 31 heavy (non-hydrogen) atoms. The molecule has 1 saturated heterocycles. The maximum Gasteiger partial charge on any atom is 0.302 e. The van der Waals surface area contributed by atoms with E-state index in [9.17, 15) is 5.11 Å². The zero-order valence-corrected chi connectivity index (χ0v) is 19.4. The molecular weight excluding hydrogens is 402 g/mol. The zero-order valence-electron chi connectivity index (χ0n) is 18.4. The summed E-state index contributed by atoms with van der Waals surface area (Å²) in [6.07, 6.45) is -0.814. The van der Waals surface area contributed by atoms with Crippen molar-refractivity contribution in [3.05, 3.63) is 102 Å². The largest absolute Gasteiger partial charge is 0.375 e. The number of benzene rings is 3. The summed E-state index contributed by atoms with van der Waals surface area (Å²) in [6, 6.07) is 30.3. The summed E-state index contributed by atoms with van der Waals surface area (Å²) in [7, 11) is -1.57. The van der Waals surface area contributed by atoms with Gasteiger partial charge in [-0.1, -0.05) is 98.5 Å². The van der Waals surface area contributed by atoms with Crippen LogP contribution in [0.4, 0.5) is 5.69 Å². The third-order valence-corrected chi connectivity index (χ3v) is 7.13. The van der Waals surface area contributed by atoms with Crippen molar-refractivity contribution in [1.29, 1.82) is 0 Å². The van der Waals surface area contributed by atoms with Crippen LogP contribution in [0.25, 0.3) is 0 Å². The molecule has 4 nitrogen and oxygen atoms in total. The van der Waals surface area contributed by atoms with E-state index in [4.69, 9.17) is 9.47 Å². The maximum atomic E-state index is 11.8. The van der Waals surface area contributed by atoms with Crippen LogP contribution >= 0.6 is 0 Å². The van der Waals surface area contributed by atoms with E-state index < -0.39 is 32.3 Å². The minimum absolute atomic E-state index is 0.401. The van der Waals surface area contributed by atoms with Gasteiger partial charge in [0.15, 0.2) is 0 Å². The number of ether oxygens (including phenoxy) is 2. The van der Waals surface area contributed by atoms with Crippen LogP contribution in [-0.4, -0.2) is 25.2 Å². The van der Waals surface area contributed by atoms with Crippen molar-refractivity contribution in [1.82, 2.24) is 0 Å². The molecular formula is C26H31NO3Si. The number of hydrogen-bond donors (Lipinski definition) is 2. The third kappa shape index (κ3) is 5.25. The highest BCUT2D eigenvalue weighted by Gasteiger charge is 2.53. The first kappa shape index (κ1) is 21.8. The second kappa shape index (κ2) is 8.97. The molecule has 0 aromatic heterocycles. The predicted octanol–water partition coefficient (Wildman–Crippen LogP) is 5.98. The Labute approximate surface area is 185 Å². The van der Waals surface area contributed by atoms with Crippen LogP contribution in [-0.2, 0) is 9.47 Å². The molecule has 4 rings (SSSR count). The summed E-state index contributed by atoms with van der Waals surface area (Å²) in [5.41, 5.74) is 2.91. The van der Waals surface area contributed by atoms with E-state index in [1.54, 1.807) is 0 Å². The van der Waals surface area contributed by atoms with E-state index in [2.05, 4.69) is 25.0 Å². The van der Waals surface area contributed by atoms with Gasteiger partial charge in [-0.3, -0.25) is 0 Å². The van der Waals surface area contributed by atoms with Gasteiger partial charge in [0.25, 0.3) is 0 Å². The molecule has 1 aliphatic rings. The fourth-order valence-electron chi connectivity index (χ4n) is 4.07. The van der Waals surface area contributed by atoms with Crippen molar-refractivity contribution in [2.45, 2.75) is 49.9 Å². The van der Waals surface area contributed by atoms with Crippen LogP contribution in [0.3, 0.4) is 0 Å². The molecule has 0 unspecified atom stereocenters. The minimum atomic E-state index is -1.75. The second-order valence-corrected chi connectivity index (χ2v) is 14.9. The quantitative estimate of drug-likeness (QED) is 0.450. The average molecular weight is 434 g/mol. The molecule has 0 saturated carbocycles. The van der Waals surface area contributed by atoms with Crippen molar-refractivity contribution < 1.29 is 14.6 Å². The third-order valence-electron chi connectivity index (χ3n) is 5.49.